The molecule has 0 atom stereocenters. The highest BCUT2D eigenvalue weighted by Crippen LogP contribution is 2.31. The quantitative estimate of drug-likeness (QED) is 0.697. The number of carbonyl (C=O) groups is 2. The Morgan fingerprint density at radius 3 is 2.48 bits per heavy atom. The van der Waals surface area contributed by atoms with E-state index in [1.54, 1.807) is 25.2 Å². The SMILES string of the molecule is CC(=O)NS(=O)(=O)N(C)CCCN(C)C(=O)c1cc2c(Cl)c(Cl)ccc2[nH]1. The van der Waals surface area contributed by atoms with Gasteiger partial charge in [0.05, 0.1) is 10.0 Å². The molecule has 11 heteroatoms. The number of amides is 2. The maximum Gasteiger partial charge on any atom is 0.303 e. The van der Waals surface area contributed by atoms with Gasteiger partial charge >= 0.3 is 10.2 Å². The molecule has 1 aromatic heterocycles. The first-order valence-corrected chi connectivity index (χ1v) is 10.2. The lowest BCUT2D eigenvalue weighted by Crippen LogP contribution is -2.41. The van der Waals surface area contributed by atoms with Gasteiger partial charge in [0.1, 0.15) is 5.69 Å². The van der Waals surface area contributed by atoms with Gasteiger partial charge in [0.15, 0.2) is 0 Å². The van der Waals surface area contributed by atoms with Crippen LogP contribution < -0.4 is 4.72 Å². The summed E-state index contributed by atoms with van der Waals surface area (Å²) in [5.74, 6) is -0.919. The van der Waals surface area contributed by atoms with Crippen LogP contribution in [0.4, 0.5) is 0 Å². The number of halogens is 2. The summed E-state index contributed by atoms with van der Waals surface area (Å²) in [6.45, 7) is 1.59. The van der Waals surface area contributed by atoms with Gasteiger partial charge in [-0.1, -0.05) is 23.2 Å². The van der Waals surface area contributed by atoms with Crippen molar-refractivity contribution in [1.29, 1.82) is 0 Å². The summed E-state index contributed by atoms with van der Waals surface area (Å²) >= 11 is 12.1. The van der Waals surface area contributed by atoms with Crippen LogP contribution in [-0.4, -0.2) is 61.6 Å². The van der Waals surface area contributed by atoms with Crippen molar-refractivity contribution in [1.82, 2.24) is 18.9 Å². The monoisotopic (exact) mass is 434 g/mol. The molecule has 2 amide bonds. The number of hydrogen-bond acceptors (Lipinski definition) is 4. The number of fused-ring (bicyclic) bond motifs is 1. The number of carbonyl (C=O) groups excluding carboxylic acids is 2. The molecule has 0 aliphatic heterocycles. The van der Waals surface area contributed by atoms with E-state index < -0.39 is 16.1 Å². The van der Waals surface area contributed by atoms with E-state index in [4.69, 9.17) is 23.2 Å². The van der Waals surface area contributed by atoms with Crippen LogP contribution in [0.5, 0.6) is 0 Å². The molecule has 1 heterocycles. The maximum atomic E-state index is 12.6. The van der Waals surface area contributed by atoms with Gasteiger partial charge in [-0.2, -0.15) is 12.7 Å². The fraction of sp³-hybridized carbons (Fsp3) is 0.375. The molecule has 0 fully saturated rings. The van der Waals surface area contributed by atoms with E-state index in [9.17, 15) is 18.0 Å². The Labute approximate surface area is 167 Å². The molecule has 2 rings (SSSR count). The zero-order valence-electron chi connectivity index (χ0n) is 15.0. The van der Waals surface area contributed by atoms with Gasteiger partial charge in [-0.25, -0.2) is 4.72 Å². The van der Waals surface area contributed by atoms with Gasteiger partial charge in [-0.15, -0.1) is 0 Å². The number of aromatic amines is 1. The lowest BCUT2D eigenvalue weighted by atomic mass is 10.2. The van der Waals surface area contributed by atoms with E-state index >= 15 is 0 Å². The van der Waals surface area contributed by atoms with Crippen LogP contribution in [-0.2, 0) is 15.0 Å². The molecule has 2 N–H and O–H groups in total. The molecule has 0 aliphatic rings. The first-order valence-electron chi connectivity index (χ1n) is 7.99. The summed E-state index contributed by atoms with van der Waals surface area (Å²) in [6.07, 6.45) is 0.393. The molecule has 1 aromatic carbocycles. The predicted octanol–water partition coefficient (Wildman–Crippen LogP) is 2.25. The van der Waals surface area contributed by atoms with Crippen LogP contribution in [0.2, 0.25) is 10.0 Å². The van der Waals surface area contributed by atoms with E-state index in [-0.39, 0.29) is 12.5 Å². The molecule has 0 aliphatic carbocycles. The minimum absolute atomic E-state index is 0.147. The first kappa shape index (κ1) is 21.5. The van der Waals surface area contributed by atoms with Gasteiger partial charge in [-0.3, -0.25) is 9.59 Å². The summed E-state index contributed by atoms with van der Waals surface area (Å²) in [4.78, 5) is 28.0. The number of aromatic nitrogens is 1. The Morgan fingerprint density at radius 1 is 1.19 bits per heavy atom. The number of H-pyrrole nitrogens is 1. The number of nitrogens with zero attached hydrogens (tertiary/aromatic N) is 2. The van der Waals surface area contributed by atoms with Gasteiger partial charge in [0, 0.05) is 45.0 Å². The Hall–Kier alpha value is -1.81. The number of hydrogen-bond donors (Lipinski definition) is 2. The zero-order valence-corrected chi connectivity index (χ0v) is 17.4. The van der Waals surface area contributed by atoms with Gasteiger partial charge in [0.2, 0.25) is 5.91 Å². The third-order valence-corrected chi connectivity index (χ3v) is 6.28. The van der Waals surface area contributed by atoms with Crippen LogP contribution in [0, 0.1) is 0 Å². The third-order valence-electron chi connectivity index (χ3n) is 3.92. The Morgan fingerprint density at radius 2 is 1.85 bits per heavy atom. The minimum Gasteiger partial charge on any atom is -0.350 e. The zero-order chi connectivity index (χ0) is 20.4. The van der Waals surface area contributed by atoms with Crippen molar-refractivity contribution < 1.29 is 18.0 Å². The molecule has 0 saturated heterocycles. The van der Waals surface area contributed by atoms with Crippen LogP contribution in [0.1, 0.15) is 23.8 Å². The van der Waals surface area contributed by atoms with Crippen molar-refractivity contribution >= 4 is 56.1 Å². The molecule has 148 valence electrons. The lowest BCUT2D eigenvalue weighted by molar-refractivity contribution is -0.117. The molecule has 27 heavy (non-hydrogen) atoms. The third kappa shape index (κ3) is 5.13. The smallest absolute Gasteiger partial charge is 0.303 e. The van der Waals surface area contributed by atoms with Crippen LogP contribution in [0.25, 0.3) is 10.9 Å². The van der Waals surface area contributed by atoms with Crippen LogP contribution in [0.3, 0.4) is 0 Å². The van der Waals surface area contributed by atoms with Crippen molar-refractivity contribution in [2.45, 2.75) is 13.3 Å². The van der Waals surface area contributed by atoms with Gasteiger partial charge in [-0.05, 0) is 24.6 Å². The molecule has 8 nitrogen and oxygen atoms in total. The van der Waals surface area contributed by atoms with Crippen molar-refractivity contribution in [2.75, 3.05) is 27.2 Å². The Bertz CT molecular complexity index is 974. The van der Waals surface area contributed by atoms with Crippen molar-refractivity contribution in [3.63, 3.8) is 0 Å². The summed E-state index contributed by atoms with van der Waals surface area (Å²) in [7, 11) is -0.886. The number of nitrogens with one attached hydrogen (secondary N) is 2. The van der Waals surface area contributed by atoms with Crippen LogP contribution >= 0.6 is 23.2 Å². The van der Waals surface area contributed by atoms with Crippen molar-refractivity contribution in [2.24, 2.45) is 0 Å². The molecular weight excluding hydrogens is 415 g/mol. The average molecular weight is 435 g/mol. The lowest BCUT2D eigenvalue weighted by Gasteiger charge is -2.20. The largest absolute Gasteiger partial charge is 0.350 e. The molecule has 2 aromatic rings. The van der Waals surface area contributed by atoms with Crippen molar-refractivity contribution in [3.8, 4) is 0 Å². The van der Waals surface area contributed by atoms with E-state index in [0.717, 1.165) is 11.2 Å². The fourth-order valence-corrected chi connectivity index (χ4v) is 3.75. The normalized spacial score (nSPS) is 11.8. The van der Waals surface area contributed by atoms with Crippen LogP contribution in [0.15, 0.2) is 18.2 Å². The average Bonchev–Trinajstić information content (AvgIpc) is 3.01. The molecule has 0 radical (unpaired) electrons. The summed E-state index contributed by atoms with van der Waals surface area (Å²) in [6, 6.07) is 5.02. The standard InChI is InChI=1S/C16H20Cl2N4O4S/c1-10(23)20-27(25,26)22(3)8-4-7-21(2)16(24)14-9-11-13(19-14)6-5-12(17)15(11)18/h5-6,9,19H,4,7-8H2,1-3H3,(H,20,23). The topological polar surface area (TPSA) is 103 Å². The molecule has 0 saturated carbocycles. The van der Waals surface area contributed by atoms with E-state index in [0.29, 0.717) is 39.6 Å². The van der Waals surface area contributed by atoms with E-state index in [2.05, 4.69) is 4.98 Å². The molecular formula is C16H20Cl2N4O4S. The first-order chi connectivity index (χ1) is 12.5. The number of benzene rings is 1. The second kappa shape index (κ2) is 8.47. The van der Waals surface area contributed by atoms with Gasteiger partial charge in [0.25, 0.3) is 5.91 Å². The summed E-state index contributed by atoms with van der Waals surface area (Å²) in [5, 5.41) is 1.43. The molecule has 0 spiro atoms. The van der Waals surface area contributed by atoms with Gasteiger partial charge < -0.3 is 9.88 Å². The summed E-state index contributed by atoms with van der Waals surface area (Å²) in [5.41, 5.74) is 1.05. The van der Waals surface area contributed by atoms with E-state index in [1.165, 1.54) is 11.9 Å². The molecule has 0 unspecified atom stereocenters. The second-order valence-corrected chi connectivity index (χ2v) is 8.63. The fourth-order valence-electron chi connectivity index (χ4n) is 2.47. The van der Waals surface area contributed by atoms with Crippen molar-refractivity contribution in [3.05, 3.63) is 33.9 Å². The Kier molecular flexibility index (Phi) is 6.74. The minimum atomic E-state index is -3.86. The highest BCUT2D eigenvalue weighted by atomic mass is 35.5. The Balaban J connectivity index is 1.98. The highest BCUT2D eigenvalue weighted by Gasteiger charge is 2.20. The predicted molar refractivity (Wildman–Crippen MR) is 105 cm³/mol. The second-order valence-electron chi connectivity index (χ2n) is 6.07. The summed E-state index contributed by atoms with van der Waals surface area (Å²) < 4.78 is 26.5. The molecule has 0 bridgehead atoms. The number of rotatable bonds is 7. The highest BCUT2D eigenvalue weighted by molar-refractivity contribution is 7.87. The maximum absolute atomic E-state index is 12.6. The van der Waals surface area contributed by atoms with E-state index in [1.807, 2.05) is 4.72 Å².